The summed E-state index contributed by atoms with van der Waals surface area (Å²) in [6.07, 6.45) is 3.26. The number of hydrogen-bond acceptors (Lipinski definition) is 10. The van der Waals surface area contributed by atoms with Crippen LogP contribution >= 0.6 is 0 Å². The van der Waals surface area contributed by atoms with E-state index in [1.54, 1.807) is 50.2 Å². The van der Waals surface area contributed by atoms with Crippen molar-refractivity contribution in [1.29, 1.82) is 0 Å². The molecule has 16 nitrogen and oxygen atoms in total. The molecule has 2 aliphatic rings. The van der Waals surface area contributed by atoms with Gasteiger partial charge in [0.2, 0.25) is 35.4 Å². The maximum absolute atomic E-state index is 13.6. The van der Waals surface area contributed by atoms with Gasteiger partial charge in [-0.15, -0.1) is 0 Å². The Bertz CT molecular complexity index is 2120. The predicted molar refractivity (Wildman–Crippen MR) is 189 cm³/mol. The Hall–Kier alpha value is -6.06. The van der Waals surface area contributed by atoms with Gasteiger partial charge in [0.1, 0.15) is 23.7 Å². The summed E-state index contributed by atoms with van der Waals surface area (Å²) in [5, 5.41) is 10.5. The molecule has 4 aromatic rings. The fraction of sp³-hybridized carbons (Fsp3) is 0.389. The van der Waals surface area contributed by atoms with Crippen molar-refractivity contribution in [3.63, 3.8) is 0 Å². The van der Waals surface area contributed by atoms with E-state index in [0.717, 1.165) is 0 Å². The SMILES string of the molecule is Cc1nc2cccc(NC(=O)CCCCCCC(=O)Nc3cccc4nc(C)n(C5CCC(=O)NC5=O)c(=O)c34)c2c(=O)n1C1CCC(=O)NC1=O. The van der Waals surface area contributed by atoms with Gasteiger partial charge in [-0.1, -0.05) is 25.0 Å². The van der Waals surface area contributed by atoms with Gasteiger partial charge in [-0.2, -0.15) is 0 Å². The molecule has 0 spiro atoms. The van der Waals surface area contributed by atoms with Crippen LogP contribution in [0.25, 0.3) is 21.8 Å². The van der Waals surface area contributed by atoms with E-state index in [4.69, 9.17) is 0 Å². The minimum atomic E-state index is -0.887. The average Bonchev–Trinajstić information content (AvgIpc) is 3.08. The number of fused-ring (bicyclic) bond motifs is 2. The maximum atomic E-state index is 13.6. The van der Waals surface area contributed by atoms with Crippen molar-refractivity contribution in [3.05, 3.63) is 68.8 Å². The lowest BCUT2D eigenvalue weighted by Crippen LogP contribution is -2.45. The summed E-state index contributed by atoms with van der Waals surface area (Å²) in [5.41, 5.74) is 0.330. The number of aryl methyl sites for hydroxylation is 2. The number of rotatable bonds is 11. The highest BCUT2D eigenvalue weighted by Gasteiger charge is 2.32. The molecule has 16 heteroatoms. The standard InChI is InChI=1S/C36H38N8O8/c1-19-37-21-9-7-11-23(31(21)35(51)43(19)25-15-17-29(47)41-33(25)49)39-27(45)13-5-3-4-6-14-28(46)40-24-12-8-10-22-32(24)36(52)44(20(2)38-22)26-16-18-30(48)42-34(26)50/h7-12,25-26H,3-6,13-18H2,1-2H3,(H,39,45)(H,40,46)(H,41,47,49)(H,42,48,50). The summed E-state index contributed by atoms with van der Waals surface area (Å²) in [5.74, 6) is -1.90. The first kappa shape index (κ1) is 35.8. The van der Waals surface area contributed by atoms with Crippen molar-refractivity contribution in [1.82, 2.24) is 29.7 Å². The highest BCUT2D eigenvalue weighted by Crippen LogP contribution is 2.25. The number of anilines is 2. The molecule has 2 atom stereocenters. The first-order valence-electron chi connectivity index (χ1n) is 17.2. The number of carbonyl (C=O) groups excluding carboxylic acids is 6. The quantitative estimate of drug-likeness (QED) is 0.132. The first-order chi connectivity index (χ1) is 24.9. The van der Waals surface area contributed by atoms with Crippen LogP contribution in [0, 0.1) is 13.8 Å². The van der Waals surface area contributed by atoms with Crippen molar-refractivity contribution in [2.45, 2.75) is 90.1 Å². The fourth-order valence-electron chi connectivity index (χ4n) is 6.86. The third-order valence-corrected chi connectivity index (χ3v) is 9.36. The van der Waals surface area contributed by atoms with Crippen LogP contribution in [-0.4, -0.2) is 54.5 Å². The molecule has 0 radical (unpaired) electrons. The van der Waals surface area contributed by atoms with Crippen molar-refractivity contribution < 1.29 is 28.8 Å². The predicted octanol–water partition coefficient (Wildman–Crippen LogP) is 2.60. The number of piperidine rings is 2. The van der Waals surface area contributed by atoms with Gasteiger partial charge in [0, 0.05) is 25.7 Å². The van der Waals surface area contributed by atoms with Gasteiger partial charge in [-0.05, 0) is 63.8 Å². The van der Waals surface area contributed by atoms with E-state index in [1.807, 2.05) is 0 Å². The third kappa shape index (κ3) is 7.36. The lowest BCUT2D eigenvalue weighted by molar-refractivity contribution is -0.137. The number of nitrogens with one attached hydrogen (secondary N) is 4. The lowest BCUT2D eigenvalue weighted by atomic mass is 10.0. The minimum Gasteiger partial charge on any atom is -0.325 e. The van der Waals surface area contributed by atoms with E-state index in [0.29, 0.717) is 48.4 Å². The van der Waals surface area contributed by atoms with Gasteiger partial charge in [-0.3, -0.25) is 58.1 Å². The van der Waals surface area contributed by atoms with E-state index in [-0.39, 0.29) is 72.5 Å². The molecule has 6 amide bonds. The number of amides is 6. The second-order valence-corrected chi connectivity index (χ2v) is 13.0. The number of carbonyl (C=O) groups is 6. The second-order valence-electron chi connectivity index (χ2n) is 13.0. The maximum Gasteiger partial charge on any atom is 0.264 e. The summed E-state index contributed by atoms with van der Waals surface area (Å²) >= 11 is 0. The molecule has 0 saturated carbocycles. The number of aromatic nitrogens is 4. The molecule has 4 N–H and O–H groups in total. The molecule has 4 heterocycles. The summed E-state index contributed by atoms with van der Waals surface area (Å²) < 4.78 is 2.54. The Morgan fingerprint density at radius 1 is 0.654 bits per heavy atom. The molecule has 2 fully saturated rings. The summed E-state index contributed by atoms with van der Waals surface area (Å²) in [6.45, 7) is 3.23. The zero-order valence-electron chi connectivity index (χ0n) is 28.7. The molecule has 270 valence electrons. The monoisotopic (exact) mass is 710 g/mol. The number of hydrogen-bond donors (Lipinski definition) is 4. The smallest absolute Gasteiger partial charge is 0.264 e. The molecule has 2 unspecified atom stereocenters. The Morgan fingerprint density at radius 3 is 1.44 bits per heavy atom. The van der Waals surface area contributed by atoms with Crippen LogP contribution in [0.5, 0.6) is 0 Å². The molecule has 2 aliphatic heterocycles. The molecule has 0 bridgehead atoms. The Labute approximate surface area is 296 Å². The van der Waals surface area contributed by atoms with Gasteiger partial charge in [0.25, 0.3) is 11.1 Å². The fourth-order valence-corrected chi connectivity index (χ4v) is 6.86. The van der Waals surface area contributed by atoms with Gasteiger partial charge >= 0.3 is 0 Å². The van der Waals surface area contributed by atoms with Gasteiger partial charge in [0.05, 0.1) is 33.2 Å². The zero-order chi connectivity index (χ0) is 37.1. The van der Waals surface area contributed by atoms with E-state index >= 15 is 0 Å². The van der Waals surface area contributed by atoms with E-state index in [9.17, 15) is 38.4 Å². The topological polar surface area (TPSA) is 220 Å². The Kier molecular flexibility index (Phi) is 10.3. The number of benzene rings is 2. The van der Waals surface area contributed by atoms with Crippen molar-refractivity contribution >= 4 is 68.6 Å². The largest absolute Gasteiger partial charge is 0.325 e. The van der Waals surface area contributed by atoms with Crippen LogP contribution in [0.15, 0.2) is 46.0 Å². The van der Waals surface area contributed by atoms with Crippen LogP contribution in [0.4, 0.5) is 11.4 Å². The van der Waals surface area contributed by atoms with Gasteiger partial charge in [0.15, 0.2) is 0 Å². The van der Waals surface area contributed by atoms with Crippen molar-refractivity contribution in [3.8, 4) is 0 Å². The summed E-state index contributed by atoms with van der Waals surface area (Å²) in [4.78, 5) is 110. The summed E-state index contributed by atoms with van der Waals surface area (Å²) in [6, 6.07) is 8.08. The van der Waals surface area contributed by atoms with Crippen LogP contribution in [0.3, 0.4) is 0 Å². The van der Waals surface area contributed by atoms with Gasteiger partial charge in [-0.25, -0.2) is 9.97 Å². The molecule has 2 saturated heterocycles. The van der Waals surface area contributed by atoms with Crippen LogP contribution in [0.1, 0.15) is 87.9 Å². The van der Waals surface area contributed by atoms with E-state index < -0.39 is 46.8 Å². The summed E-state index contributed by atoms with van der Waals surface area (Å²) in [7, 11) is 0. The lowest BCUT2D eigenvalue weighted by Gasteiger charge is -2.24. The molecule has 52 heavy (non-hydrogen) atoms. The van der Waals surface area contributed by atoms with Crippen LogP contribution in [-0.2, 0) is 28.8 Å². The molecular formula is C36H38N8O8. The normalized spacial score (nSPS) is 17.6. The van der Waals surface area contributed by atoms with E-state index in [1.165, 1.54) is 9.13 Å². The molecule has 2 aromatic heterocycles. The Morgan fingerprint density at radius 2 is 1.06 bits per heavy atom. The van der Waals surface area contributed by atoms with Gasteiger partial charge < -0.3 is 10.6 Å². The second kappa shape index (κ2) is 15.0. The number of nitrogens with zero attached hydrogens (tertiary/aromatic N) is 4. The molecule has 0 aliphatic carbocycles. The average molecular weight is 711 g/mol. The highest BCUT2D eigenvalue weighted by molar-refractivity contribution is 6.03. The van der Waals surface area contributed by atoms with Crippen LogP contribution < -0.4 is 32.4 Å². The van der Waals surface area contributed by atoms with E-state index in [2.05, 4.69) is 31.2 Å². The number of unbranched alkanes of at least 4 members (excludes halogenated alkanes) is 3. The third-order valence-electron chi connectivity index (χ3n) is 9.36. The molecule has 6 rings (SSSR count). The van der Waals surface area contributed by atoms with Crippen molar-refractivity contribution in [2.75, 3.05) is 10.6 Å². The highest BCUT2D eigenvalue weighted by atomic mass is 16.2. The first-order valence-corrected chi connectivity index (χ1v) is 17.2. The molecular weight excluding hydrogens is 672 g/mol. The zero-order valence-corrected chi connectivity index (χ0v) is 28.7. The number of imide groups is 2. The Balaban J connectivity index is 1.02. The van der Waals surface area contributed by atoms with Crippen LogP contribution in [0.2, 0.25) is 0 Å². The van der Waals surface area contributed by atoms with Crippen molar-refractivity contribution in [2.24, 2.45) is 0 Å². The minimum absolute atomic E-state index is 0.0987. The molecule has 2 aromatic carbocycles.